The van der Waals surface area contributed by atoms with Crippen LogP contribution in [-0.4, -0.2) is 33.5 Å². The molecule has 2 atom stereocenters. The minimum atomic E-state index is -0.743. The van der Waals surface area contributed by atoms with Crippen LogP contribution in [0.4, 0.5) is 0 Å². The molecular weight excluding hydrogens is 336 g/mol. The first kappa shape index (κ1) is 17.7. The predicted octanol–water partition coefficient (Wildman–Crippen LogP) is 4.57. The van der Waals surface area contributed by atoms with Crippen LogP contribution in [-0.2, 0) is 4.79 Å². The molecule has 1 saturated heterocycles. The third-order valence-corrected chi connectivity index (χ3v) is 5.46. The molecule has 0 aliphatic carbocycles. The Labute approximate surface area is 159 Å². The van der Waals surface area contributed by atoms with E-state index in [0.717, 1.165) is 41.6 Å². The quantitative estimate of drug-likeness (QED) is 0.740. The summed E-state index contributed by atoms with van der Waals surface area (Å²) >= 11 is 0. The molecule has 0 radical (unpaired) electrons. The van der Waals surface area contributed by atoms with Gasteiger partial charge in [0.2, 0.25) is 0 Å². The highest BCUT2D eigenvalue weighted by atomic mass is 16.4. The molecule has 0 spiro atoms. The van der Waals surface area contributed by atoms with Gasteiger partial charge in [-0.25, -0.2) is 0 Å². The lowest BCUT2D eigenvalue weighted by atomic mass is 9.92. The number of hydrogen-bond acceptors (Lipinski definition) is 3. The average molecular weight is 360 g/mol. The minimum Gasteiger partial charge on any atom is -0.480 e. The molecule has 1 aliphatic rings. The topological polar surface area (TPSA) is 53.4 Å². The van der Waals surface area contributed by atoms with Gasteiger partial charge in [0.1, 0.15) is 6.04 Å². The Balaban J connectivity index is 1.83. The molecule has 1 fully saturated rings. The molecule has 0 bridgehead atoms. The first-order valence-corrected chi connectivity index (χ1v) is 9.53. The Bertz CT molecular complexity index is 952. The van der Waals surface area contributed by atoms with E-state index in [2.05, 4.69) is 46.3 Å². The smallest absolute Gasteiger partial charge is 0.320 e. The minimum absolute atomic E-state index is 0.156. The van der Waals surface area contributed by atoms with Crippen LogP contribution in [0.15, 0.2) is 60.8 Å². The molecule has 4 rings (SSSR count). The Kier molecular flexibility index (Phi) is 4.90. The molecule has 4 nitrogen and oxygen atoms in total. The SMILES string of the molecule is Cc1ccc(C(c2ccc3ccccc3c2)N2CCCCC2C(=O)O)nc1. The van der Waals surface area contributed by atoms with Gasteiger partial charge < -0.3 is 5.11 Å². The standard InChI is InChI=1S/C23H24N2O2/c1-16-9-12-20(24-15-16)22(25-13-5-4-8-21(25)23(26)27)19-11-10-17-6-2-3-7-18(17)14-19/h2-3,6-7,9-12,14-15,21-22H,4-5,8,13H2,1H3,(H,26,27). The van der Waals surface area contributed by atoms with E-state index >= 15 is 0 Å². The van der Waals surface area contributed by atoms with Gasteiger partial charge in [-0.3, -0.25) is 14.7 Å². The van der Waals surface area contributed by atoms with E-state index in [0.29, 0.717) is 6.42 Å². The summed E-state index contributed by atoms with van der Waals surface area (Å²) in [6.45, 7) is 2.78. The van der Waals surface area contributed by atoms with Gasteiger partial charge in [-0.05, 0) is 60.3 Å². The monoisotopic (exact) mass is 360 g/mol. The van der Waals surface area contributed by atoms with Crippen molar-refractivity contribution >= 4 is 16.7 Å². The normalized spacial score (nSPS) is 19.1. The second-order valence-corrected chi connectivity index (χ2v) is 7.36. The molecule has 2 unspecified atom stereocenters. The maximum atomic E-state index is 11.9. The highest BCUT2D eigenvalue weighted by Gasteiger charge is 2.35. The summed E-state index contributed by atoms with van der Waals surface area (Å²) in [6, 6.07) is 18.1. The summed E-state index contributed by atoms with van der Waals surface area (Å²) in [7, 11) is 0. The molecule has 0 amide bonds. The average Bonchev–Trinajstić information content (AvgIpc) is 2.70. The van der Waals surface area contributed by atoms with Gasteiger partial charge in [0.25, 0.3) is 0 Å². The van der Waals surface area contributed by atoms with Crippen LogP contribution in [0.3, 0.4) is 0 Å². The molecule has 27 heavy (non-hydrogen) atoms. The number of carbonyl (C=O) groups is 1. The number of hydrogen-bond donors (Lipinski definition) is 1. The van der Waals surface area contributed by atoms with Gasteiger partial charge in [-0.2, -0.15) is 0 Å². The molecule has 2 aromatic carbocycles. The fourth-order valence-electron chi connectivity index (χ4n) is 4.08. The van der Waals surface area contributed by atoms with E-state index < -0.39 is 12.0 Å². The molecule has 138 valence electrons. The first-order valence-electron chi connectivity index (χ1n) is 9.53. The fourth-order valence-corrected chi connectivity index (χ4v) is 4.08. The van der Waals surface area contributed by atoms with Crippen LogP contribution in [0.25, 0.3) is 10.8 Å². The molecule has 3 aromatic rings. The zero-order valence-electron chi connectivity index (χ0n) is 15.5. The molecule has 1 aromatic heterocycles. The summed E-state index contributed by atoms with van der Waals surface area (Å²) in [4.78, 5) is 18.7. The van der Waals surface area contributed by atoms with E-state index in [-0.39, 0.29) is 6.04 Å². The molecule has 0 saturated carbocycles. The second-order valence-electron chi connectivity index (χ2n) is 7.36. The number of likely N-dealkylation sites (tertiary alicyclic amines) is 1. The predicted molar refractivity (Wildman–Crippen MR) is 107 cm³/mol. The number of nitrogens with zero attached hydrogens (tertiary/aromatic N) is 2. The van der Waals surface area contributed by atoms with Gasteiger partial charge in [-0.1, -0.05) is 48.9 Å². The molecule has 1 N–H and O–H groups in total. The summed E-state index contributed by atoms with van der Waals surface area (Å²) in [5.74, 6) is -0.743. The molecular formula is C23H24N2O2. The van der Waals surface area contributed by atoms with Gasteiger partial charge >= 0.3 is 5.97 Å². The lowest BCUT2D eigenvalue weighted by Gasteiger charge is -2.39. The maximum Gasteiger partial charge on any atom is 0.320 e. The third kappa shape index (κ3) is 3.58. The van der Waals surface area contributed by atoms with E-state index in [1.165, 1.54) is 5.39 Å². The number of piperidine rings is 1. The third-order valence-electron chi connectivity index (χ3n) is 5.46. The summed E-state index contributed by atoms with van der Waals surface area (Å²) in [5.41, 5.74) is 3.10. The van der Waals surface area contributed by atoms with Gasteiger partial charge in [-0.15, -0.1) is 0 Å². The van der Waals surface area contributed by atoms with E-state index in [9.17, 15) is 9.90 Å². The first-order chi connectivity index (χ1) is 13.1. The zero-order valence-corrected chi connectivity index (χ0v) is 15.5. The van der Waals surface area contributed by atoms with Crippen LogP contribution < -0.4 is 0 Å². The molecule has 4 heteroatoms. The molecule has 2 heterocycles. The van der Waals surface area contributed by atoms with Gasteiger partial charge in [0, 0.05) is 6.20 Å². The number of aryl methyl sites for hydroxylation is 1. The number of fused-ring (bicyclic) bond motifs is 1. The summed E-state index contributed by atoms with van der Waals surface area (Å²) in [6.07, 6.45) is 4.52. The second kappa shape index (κ2) is 7.49. The van der Waals surface area contributed by atoms with Crippen LogP contribution in [0, 0.1) is 6.92 Å². The van der Waals surface area contributed by atoms with Crippen molar-refractivity contribution in [2.45, 2.75) is 38.3 Å². The van der Waals surface area contributed by atoms with Crippen molar-refractivity contribution in [2.24, 2.45) is 0 Å². The highest BCUT2D eigenvalue weighted by Crippen LogP contribution is 2.34. The summed E-state index contributed by atoms with van der Waals surface area (Å²) in [5, 5.41) is 12.2. The molecule has 1 aliphatic heterocycles. The van der Waals surface area contributed by atoms with Crippen molar-refractivity contribution in [3.8, 4) is 0 Å². The fraction of sp³-hybridized carbons (Fsp3) is 0.304. The summed E-state index contributed by atoms with van der Waals surface area (Å²) < 4.78 is 0. The number of pyridine rings is 1. The van der Waals surface area contributed by atoms with E-state index in [1.54, 1.807) is 0 Å². The maximum absolute atomic E-state index is 11.9. The number of carboxylic acids is 1. The van der Waals surface area contributed by atoms with E-state index in [4.69, 9.17) is 0 Å². The highest BCUT2D eigenvalue weighted by molar-refractivity contribution is 5.83. The number of carboxylic acid groups (broad SMARTS) is 1. The van der Waals surface area contributed by atoms with Crippen LogP contribution in [0.1, 0.15) is 42.1 Å². The lowest BCUT2D eigenvalue weighted by Crippen LogP contribution is -2.47. The Morgan fingerprint density at radius 2 is 1.93 bits per heavy atom. The van der Waals surface area contributed by atoms with Crippen molar-refractivity contribution in [3.05, 3.63) is 77.6 Å². The number of rotatable bonds is 4. The zero-order chi connectivity index (χ0) is 18.8. The van der Waals surface area contributed by atoms with Crippen LogP contribution >= 0.6 is 0 Å². The largest absolute Gasteiger partial charge is 0.480 e. The van der Waals surface area contributed by atoms with Crippen molar-refractivity contribution in [2.75, 3.05) is 6.54 Å². The van der Waals surface area contributed by atoms with Crippen LogP contribution in [0.5, 0.6) is 0 Å². The Morgan fingerprint density at radius 1 is 1.11 bits per heavy atom. The van der Waals surface area contributed by atoms with Crippen molar-refractivity contribution in [1.82, 2.24) is 9.88 Å². The van der Waals surface area contributed by atoms with E-state index in [1.807, 2.05) is 31.3 Å². The van der Waals surface area contributed by atoms with Gasteiger partial charge in [0.05, 0.1) is 11.7 Å². The van der Waals surface area contributed by atoms with Crippen molar-refractivity contribution in [3.63, 3.8) is 0 Å². The van der Waals surface area contributed by atoms with Crippen molar-refractivity contribution in [1.29, 1.82) is 0 Å². The van der Waals surface area contributed by atoms with Crippen molar-refractivity contribution < 1.29 is 9.90 Å². The Morgan fingerprint density at radius 3 is 2.67 bits per heavy atom. The number of benzene rings is 2. The Hall–Kier alpha value is -2.72. The lowest BCUT2D eigenvalue weighted by molar-refractivity contribution is -0.145. The van der Waals surface area contributed by atoms with Gasteiger partial charge in [0.15, 0.2) is 0 Å². The van der Waals surface area contributed by atoms with Crippen LogP contribution in [0.2, 0.25) is 0 Å². The number of aliphatic carboxylic acids is 1. The number of aromatic nitrogens is 1.